The van der Waals surface area contributed by atoms with E-state index in [0.717, 1.165) is 52.4 Å². The highest BCUT2D eigenvalue weighted by Crippen LogP contribution is 2.29. The van der Waals surface area contributed by atoms with Crippen LogP contribution < -0.4 is 10.5 Å². The van der Waals surface area contributed by atoms with Crippen LogP contribution in [0.3, 0.4) is 0 Å². The lowest BCUT2D eigenvalue weighted by atomic mass is 10.0. The number of aryl methyl sites for hydroxylation is 1. The third-order valence-electron chi connectivity index (χ3n) is 5.87. The van der Waals surface area contributed by atoms with Crippen molar-refractivity contribution in [3.8, 4) is 11.3 Å². The molecule has 0 saturated carbocycles. The topological polar surface area (TPSA) is 98.4 Å². The molecule has 0 aromatic carbocycles. The van der Waals surface area contributed by atoms with Crippen LogP contribution >= 0.6 is 0 Å². The predicted molar refractivity (Wildman–Crippen MR) is 119 cm³/mol. The molecule has 0 amide bonds. The first kappa shape index (κ1) is 20.2. The summed E-state index contributed by atoms with van der Waals surface area (Å²) in [5.41, 5.74) is 6.82. The Kier molecular flexibility index (Phi) is 5.10. The van der Waals surface area contributed by atoms with E-state index in [1.807, 2.05) is 20.0 Å². The SMILES string of the molecule is COCc1cc(=O)n2nc(N3CCc4ncc(-c5cnccn5)cc4C3)c(C)c(C)c2n1. The van der Waals surface area contributed by atoms with E-state index in [9.17, 15) is 4.79 Å². The van der Waals surface area contributed by atoms with E-state index >= 15 is 0 Å². The van der Waals surface area contributed by atoms with Gasteiger partial charge >= 0.3 is 0 Å². The zero-order chi connectivity index (χ0) is 22.2. The van der Waals surface area contributed by atoms with Gasteiger partial charge in [0.25, 0.3) is 5.56 Å². The smallest absolute Gasteiger partial charge is 0.274 e. The van der Waals surface area contributed by atoms with Gasteiger partial charge in [-0.2, -0.15) is 4.52 Å². The number of methoxy groups -OCH3 is 1. The molecule has 0 saturated heterocycles. The number of anilines is 1. The van der Waals surface area contributed by atoms with E-state index in [1.165, 1.54) is 10.6 Å². The second kappa shape index (κ2) is 8.08. The van der Waals surface area contributed by atoms with E-state index < -0.39 is 0 Å². The Morgan fingerprint density at radius 1 is 1.09 bits per heavy atom. The fraction of sp³-hybridized carbons (Fsp3) is 0.304. The normalized spacial score (nSPS) is 13.4. The Hall–Kier alpha value is -3.72. The lowest BCUT2D eigenvalue weighted by molar-refractivity contribution is 0.181. The summed E-state index contributed by atoms with van der Waals surface area (Å²) in [5, 5.41) is 4.70. The van der Waals surface area contributed by atoms with Gasteiger partial charge in [-0.15, -0.1) is 5.10 Å². The summed E-state index contributed by atoms with van der Waals surface area (Å²) in [7, 11) is 1.59. The molecule has 162 valence electrons. The number of fused-ring (bicyclic) bond motifs is 2. The third kappa shape index (κ3) is 3.50. The standard InChI is InChI=1S/C23H23N7O2/c1-14-15(2)23(28-30-21(31)9-18(13-32-3)27-22(14)30)29-7-4-19-17(12-29)8-16(10-26-19)20-11-24-5-6-25-20/h5-6,8-11H,4,7,12-13H2,1-3H3. The molecule has 0 aliphatic carbocycles. The number of hydrogen-bond donors (Lipinski definition) is 0. The molecule has 9 heteroatoms. The fourth-order valence-corrected chi connectivity index (χ4v) is 4.09. The van der Waals surface area contributed by atoms with Gasteiger partial charge in [0.15, 0.2) is 11.5 Å². The van der Waals surface area contributed by atoms with Crippen molar-refractivity contribution < 1.29 is 4.74 Å². The van der Waals surface area contributed by atoms with Crippen LogP contribution in [0.15, 0.2) is 41.7 Å². The van der Waals surface area contributed by atoms with Gasteiger partial charge in [-0.05, 0) is 25.5 Å². The number of nitrogens with zero attached hydrogens (tertiary/aromatic N) is 7. The molecule has 5 rings (SSSR count). The molecule has 0 radical (unpaired) electrons. The van der Waals surface area contributed by atoms with Crippen molar-refractivity contribution in [1.82, 2.24) is 29.5 Å². The van der Waals surface area contributed by atoms with Gasteiger partial charge in [-0.25, -0.2) is 4.98 Å². The van der Waals surface area contributed by atoms with E-state index in [0.29, 0.717) is 17.9 Å². The molecule has 32 heavy (non-hydrogen) atoms. The molecule has 0 unspecified atom stereocenters. The van der Waals surface area contributed by atoms with Crippen LogP contribution in [0.25, 0.3) is 16.9 Å². The summed E-state index contributed by atoms with van der Waals surface area (Å²) in [4.78, 5) is 32.7. The molecule has 0 bridgehead atoms. The van der Waals surface area contributed by atoms with Crippen molar-refractivity contribution in [3.05, 3.63) is 75.4 Å². The quantitative estimate of drug-likeness (QED) is 0.487. The van der Waals surface area contributed by atoms with Crippen LogP contribution in [-0.4, -0.2) is 43.2 Å². The van der Waals surface area contributed by atoms with Gasteiger partial charge in [0, 0.05) is 73.7 Å². The number of hydrogen-bond acceptors (Lipinski definition) is 8. The van der Waals surface area contributed by atoms with Crippen molar-refractivity contribution in [2.45, 2.75) is 33.4 Å². The Balaban J connectivity index is 1.54. The number of aromatic nitrogens is 6. The summed E-state index contributed by atoms with van der Waals surface area (Å²) in [5.74, 6) is 0.786. The van der Waals surface area contributed by atoms with E-state index in [-0.39, 0.29) is 12.2 Å². The lowest BCUT2D eigenvalue weighted by Crippen LogP contribution is -2.34. The predicted octanol–water partition coefficient (Wildman–Crippen LogP) is 2.27. The molecule has 0 atom stereocenters. The second-order valence-corrected chi connectivity index (χ2v) is 7.92. The van der Waals surface area contributed by atoms with Crippen molar-refractivity contribution in [2.75, 3.05) is 18.6 Å². The van der Waals surface area contributed by atoms with Crippen molar-refractivity contribution in [2.24, 2.45) is 0 Å². The van der Waals surface area contributed by atoms with Gasteiger partial charge in [-0.3, -0.25) is 19.7 Å². The maximum Gasteiger partial charge on any atom is 0.274 e. The molecule has 0 fully saturated rings. The number of pyridine rings is 1. The summed E-state index contributed by atoms with van der Waals surface area (Å²) in [6.07, 6.45) is 7.72. The average Bonchev–Trinajstić information content (AvgIpc) is 2.82. The summed E-state index contributed by atoms with van der Waals surface area (Å²) in [6, 6.07) is 3.59. The highest BCUT2D eigenvalue weighted by atomic mass is 16.5. The zero-order valence-electron chi connectivity index (χ0n) is 18.2. The summed E-state index contributed by atoms with van der Waals surface area (Å²) in [6.45, 7) is 5.71. The second-order valence-electron chi connectivity index (χ2n) is 7.92. The van der Waals surface area contributed by atoms with Gasteiger partial charge in [-0.1, -0.05) is 0 Å². The molecule has 9 nitrogen and oxygen atoms in total. The minimum atomic E-state index is -0.213. The summed E-state index contributed by atoms with van der Waals surface area (Å²) < 4.78 is 6.53. The van der Waals surface area contributed by atoms with Crippen LogP contribution in [0.2, 0.25) is 0 Å². The van der Waals surface area contributed by atoms with Gasteiger partial charge < -0.3 is 9.64 Å². The number of rotatable bonds is 4. The minimum Gasteiger partial charge on any atom is -0.378 e. The monoisotopic (exact) mass is 429 g/mol. The Morgan fingerprint density at radius 2 is 1.97 bits per heavy atom. The minimum absolute atomic E-state index is 0.213. The molecule has 1 aliphatic rings. The van der Waals surface area contributed by atoms with Crippen LogP contribution in [-0.2, 0) is 24.3 Å². The van der Waals surface area contributed by atoms with Gasteiger partial charge in [0.1, 0.15) is 0 Å². The summed E-state index contributed by atoms with van der Waals surface area (Å²) >= 11 is 0. The van der Waals surface area contributed by atoms with Crippen molar-refractivity contribution in [1.29, 1.82) is 0 Å². The maximum atomic E-state index is 12.7. The van der Waals surface area contributed by atoms with E-state index in [4.69, 9.17) is 9.84 Å². The first-order chi connectivity index (χ1) is 15.5. The molecule has 1 aliphatic heterocycles. The van der Waals surface area contributed by atoms with Crippen LogP contribution in [0.1, 0.15) is 28.1 Å². The van der Waals surface area contributed by atoms with Crippen LogP contribution in [0.4, 0.5) is 5.82 Å². The molecule has 5 heterocycles. The van der Waals surface area contributed by atoms with Crippen molar-refractivity contribution in [3.63, 3.8) is 0 Å². The maximum absolute atomic E-state index is 12.7. The van der Waals surface area contributed by atoms with Gasteiger partial charge in [0.2, 0.25) is 0 Å². The highest BCUT2D eigenvalue weighted by Gasteiger charge is 2.23. The van der Waals surface area contributed by atoms with Crippen molar-refractivity contribution >= 4 is 11.5 Å². The van der Waals surface area contributed by atoms with E-state index in [2.05, 4.69) is 30.9 Å². The van der Waals surface area contributed by atoms with Crippen LogP contribution in [0.5, 0.6) is 0 Å². The molecule has 0 spiro atoms. The fourth-order valence-electron chi connectivity index (χ4n) is 4.09. The first-order valence-electron chi connectivity index (χ1n) is 10.4. The zero-order valence-corrected chi connectivity index (χ0v) is 18.2. The lowest BCUT2D eigenvalue weighted by Gasteiger charge is -2.31. The molecule has 0 N–H and O–H groups in total. The molecular weight excluding hydrogens is 406 g/mol. The largest absolute Gasteiger partial charge is 0.378 e. The first-order valence-corrected chi connectivity index (χ1v) is 10.4. The number of ether oxygens (including phenoxy) is 1. The van der Waals surface area contributed by atoms with Crippen LogP contribution in [0, 0.1) is 13.8 Å². The average molecular weight is 429 g/mol. The highest BCUT2D eigenvalue weighted by molar-refractivity contribution is 5.62. The Bertz CT molecular complexity index is 1370. The molecule has 4 aromatic rings. The van der Waals surface area contributed by atoms with Gasteiger partial charge in [0.05, 0.1) is 24.2 Å². The third-order valence-corrected chi connectivity index (χ3v) is 5.87. The Morgan fingerprint density at radius 3 is 2.75 bits per heavy atom. The van der Waals surface area contributed by atoms with E-state index in [1.54, 1.807) is 25.7 Å². The molecule has 4 aromatic heterocycles. The Labute approximate surface area is 184 Å². The molecular formula is C23H23N7O2.